The van der Waals surface area contributed by atoms with Crippen LogP contribution in [-0.4, -0.2) is 12.5 Å². The van der Waals surface area contributed by atoms with Gasteiger partial charge in [-0.3, -0.25) is 4.79 Å². The van der Waals surface area contributed by atoms with Crippen LogP contribution in [0.3, 0.4) is 0 Å². The Bertz CT molecular complexity index is 843. The van der Waals surface area contributed by atoms with E-state index in [0.717, 1.165) is 22.4 Å². The molecule has 0 bridgehead atoms. The Morgan fingerprint density at radius 2 is 1.88 bits per heavy atom. The predicted molar refractivity (Wildman–Crippen MR) is 105 cm³/mol. The number of carbonyl (C=O) groups excluding carboxylic acids is 1. The van der Waals surface area contributed by atoms with Gasteiger partial charge in [0.15, 0.2) is 0 Å². The molecule has 0 spiro atoms. The van der Waals surface area contributed by atoms with Crippen LogP contribution in [0.1, 0.15) is 30.5 Å². The average molecular weight is 348 g/mol. The van der Waals surface area contributed by atoms with Gasteiger partial charge in [-0.25, -0.2) is 0 Å². The lowest BCUT2D eigenvalue weighted by Gasteiger charge is -2.09. The quantitative estimate of drug-likeness (QED) is 0.597. The molecular weight excluding hydrogens is 324 g/mol. The number of nitrogens with zero attached hydrogens (tertiary/aromatic N) is 1. The third-order valence-electron chi connectivity index (χ3n) is 3.77. The Labute approximate surface area is 155 Å². The maximum absolute atomic E-state index is 12.4. The second-order valence-electron chi connectivity index (χ2n) is 6.72. The Balaban J connectivity index is 2.11. The summed E-state index contributed by atoms with van der Waals surface area (Å²) in [7, 11) is 0. The smallest absolute Gasteiger partial charge is 0.266 e. The maximum Gasteiger partial charge on any atom is 0.266 e. The van der Waals surface area contributed by atoms with Gasteiger partial charge in [-0.05, 0) is 55.2 Å². The summed E-state index contributed by atoms with van der Waals surface area (Å²) in [6.45, 7) is 8.74. The fourth-order valence-corrected chi connectivity index (χ4v) is 2.38. The van der Waals surface area contributed by atoms with E-state index >= 15 is 0 Å². The first-order valence-corrected chi connectivity index (χ1v) is 8.62. The van der Waals surface area contributed by atoms with Crippen molar-refractivity contribution in [3.05, 3.63) is 64.7 Å². The molecule has 2 aromatic carbocycles. The summed E-state index contributed by atoms with van der Waals surface area (Å²) >= 11 is 0. The highest BCUT2D eigenvalue weighted by Crippen LogP contribution is 2.19. The zero-order valence-corrected chi connectivity index (χ0v) is 15.7. The molecule has 0 saturated heterocycles. The molecule has 134 valence electrons. The lowest BCUT2D eigenvalue weighted by molar-refractivity contribution is -0.112. The first kappa shape index (κ1) is 19.3. The van der Waals surface area contributed by atoms with Gasteiger partial charge in [0, 0.05) is 5.69 Å². The molecule has 1 amide bonds. The van der Waals surface area contributed by atoms with Crippen molar-refractivity contribution < 1.29 is 9.53 Å². The van der Waals surface area contributed by atoms with Gasteiger partial charge in [0.2, 0.25) is 0 Å². The number of rotatable bonds is 6. The second kappa shape index (κ2) is 8.87. The van der Waals surface area contributed by atoms with Gasteiger partial charge in [-0.1, -0.05) is 43.7 Å². The number of amides is 1. The topological polar surface area (TPSA) is 62.1 Å². The molecule has 26 heavy (non-hydrogen) atoms. The van der Waals surface area contributed by atoms with Crippen molar-refractivity contribution in [2.45, 2.75) is 27.7 Å². The van der Waals surface area contributed by atoms with Crippen LogP contribution in [0, 0.1) is 31.1 Å². The summed E-state index contributed by atoms with van der Waals surface area (Å²) in [5.41, 5.74) is 3.62. The monoisotopic (exact) mass is 348 g/mol. The number of hydrogen-bond acceptors (Lipinski definition) is 3. The molecule has 0 aliphatic rings. The van der Waals surface area contributed by atoms with Crippen LogP contribution in [-0.2, 0) is 4.79 Å². The van der Waals surface area contributed by atoms with Crippen LogP contribution in [0.2, 0.25) is 0 Å². The van der Waals surface area contributed by atoms with Crippen molar-refractivity contribution in [1.82, 2.24) is 0 Å². The van der Waals surface area contributed by atoms with Crippen LogP contribution < -0.4 is 10.1 Å². The minimum Gasteiger partial charge on any atom is -0.493 e. The van der Waals surface area contributed by atoms with E-state index in [-0.39, 0.29) is 5.57 Å². The summed E-state index contributed by atoms with van der Waals surface area (Å²) in [6.07, 6.45) is 1.57. The van der Waals surface area contributed by atoms with E-state index in [0.29, 0.717) is 18.2 Å². The Hall–Kier alpha value is -3.06. The maximum atomic E-state index is 12.4. The lowest BCUT2D eigenvalue weighted by atomic mass is 10.1. The number of nitriles is 1. The first-order chi connectivity index (χ1) is 12.4. The van der Waals surface area contributed by atoms with Crippen molar-refractivity contribution in [3.63, 3.8) is 0 Å². The number of anilines is 1. The molecule has 4 nitrogen and oxygen atoms in total. The lowest BCUT2D eigenvalue weighted by Crippen LogP contribution is -2.14. The van der Waals surface area contributed by atoms with Gasteiger partial charge in [-0.2, -0.15) is 5.26 Å². The number of carbonyl (C=O) groups is 1. The molecule has 1 N–H and O–H groups in total. The van der Waals surface area contributed by atoms with E-state index in [2.05, 4.69) is 19.2 Å². The molecule has 0 radical (unpaired) electrons. The summed E-state index contributed by atoms with van der Waals surface area (Å²) < 4.78 is 5.64. The largest absolute Gasteiger partial charge is 0.493 e. The summed E-state index contributed by atoms with van der Waals surface area (Å²) in [4.78, 5) is 12.4. The fourth-order valence-electron chi connectivity index (χ4n) is 2.38. The summed E-state index contributed by atoms with van der Waals surface area (Å²) in [5, 5.41) is 12.1. The van der Waals surface area contributed by atoms with Gasteiger partial charge in [0.1, 0.15) is 17.4 Å². The molecule has 2 rings (SSSR count). The zero-order valence-electron chi connectivity index (χ0n) is 15.7. The molecule has 2 aromatic rings. The van der Waals surface area contributed by atoms with Crippen molar-refractivity contribution in [2.75, 3.05) is 11.9 Å². The molecular formula is C22H24N2O2. The van der Waals surface area contributed by atoms with Crippen LogP contribution in [0.5, 0.6) is 5.75 Å². The Kier molecular flexibility index (Phi) is 6.57. The number of benzene rings is 2. The average Bonchev–Trinajstić information content (AvgIpc) is 2.61. The molecule has 4 heteroatoms. The molecule has 0 unspecified atom stereocenters. The SMILES string of the molecule is Cc1ccc(NC(=O)/C(C#N)=C/c2ccc(OCC(C)C)cc2)c(C)c1. The molecule has 0 aromatic heterocycles. The molecule has 0 aliphatic heterocycles. The van der Waals surface area contributed by atoms with Crippen molar-refractivity contribution in [1.29, 1.82) is 5.26 Å². The molecule has 0 aliphatic carbocycles. The molecule has 0 atom stereocenters. The minimum atomic E-state index is -0.417. The van der Waals surface area contributed by atoms with Gasteiger partial charge in [0.05, 0.1) is 6.61 Å². The van der Waals surface area contributed by atoms with Crippen molar-refractivity contribution in [3.8, 4) is 11.8 Å². The number of hydrogen-bond donors (Lipinski definition) is 1. The van der Waals surface area contributed by atoms with E-state index < -0.39 is 5.91 Å². The summed E-state index contributed by atoms with van der Waals surface area (Å²) in [5.74, 6) is 0.808. The normalized spacial score (nSPS) is 11.2. The van der Waals surface area contributed by atoms with Gasteiger partial charge >= 0.3 is 0 Å². The van der Waals surface area contributed by atoms with Crippen LogP contribution >= 0.6 is 0 Å². The van der Waals surface area contributed by atoms with Crippen LogP contribution in [0.25, 0.3) is 6.08 Å². The van der Waals surface area contributed by atoms with Gasteiger partial charge in [-0.15, -0.1) is 0 Å². The molecule has 0 saturated carbocycles. The van der Waals surface area contributed by atoms with Crippen LogP contribution in [0.4, 0.5) is 5.69 Å². The van der Waals surface area contributed by atoms with E-state index in [1.165, 1.54) is 0 Å². The van der Waals surface area contributed by atoms with Gasteiger partial charge in [0.25, 0.3) is 5.91 Å². The molecule has 0 heterocycles. The van der Waals surface area contributed by atoms with Crippen molar-refractivity contribution in [2.24, 2.45) is 5.92 Å². The third kappa shape index (κ3) is 5.49. The predicted octanol–water partition coefficient (Wildman–Crippen LogP) is 4.88. The highest BCUT2D eigenvalue weighted by molar-refractivity contribution is 6.09. The Morgan fingerprint density at radius 3 is 2.46 bits per heavy atom. The highest BCUT2D eigenvalue weighted by Gasteiger charge is 2.11. The van der Waals surface area contributed by atoms with Gasteiger partial charge < -0.3 is 10.1 Å². The summed E-state index contributed by atoms with van der Waals surface area (Å²) in [6, 6.07) is 15.1. The van der Waals surface area contributed by atoms with E-state index in [1.807, 2.05) is 62.4 Å². The first-order valence-electron chi connectivity index (χ1n) is 8.62. The standard InChI is InChI=1S/C22H24N2O2/c1-15(2)14-26-20-8-6-18(7-9-20)12-19(13-23)22(25)24-21-10-5-16(3)11-17(21)4/h5-12,15H,14H2,1-4H3,(H,24,25)/b19-12+. The van der Waals surface area contributed by atoms with Crippen LogP contribution in [0.15, 0.2) is 48.0 Å². The second-order valence-corrected chi connectivity index (χ2v) is 6.72. The number of ether oxygens (including phenoxy) is 1. The number of nitrogens with one attached hydrogen (secondary N) is 1. The van der Waals surface area contributed by atoms with E-state index in [4.69, 9.17) is 4.74 Å². The minimum absolute atomic E-state index is 0.0563. The fraction of sp³-hybridized carbons (Fsp3) is 0.273. The zero-order chi connectivity index (χ0) is 19.1. The van der Waals surface area contributed by atoms with E-state index in [1.54, 1.807) is 6.08 Å². The Morgan fingerprint density at radius 1 is 1.19 bits per heavy atom. The third-order valence-corrected chi connectivity index (χ3v) is 3.77. The molecule has 0 fully saturated rings. The van der Waals surface area contributed by atoms with Crippen molar-refractivity contribution >= 4 is 17.7 Å². The van der Waals surface area contributed by atoms with E-state index in [9.17, 15) is 10.1 Å². The number of aryl methyl sites for hydroxylation is 2. The highest BCUT2D eigenvalue weighted by atomic mass is 16.5.